The lowest BCUT2D eigenvalue weighted by Gasteiger charge is -2.15. The molecule has 0 spiro atoms. The molecule has 0 amide bonds. The standard InChI is InChI=1S/C10H20N4/c1-3-4-11-5-6-14(2)8-10-7-12-9-13-10/h7,9,11H,3-6,8H2,1-2H3,(H,12,13). The first-order valence-electron chi connectivity index (χ1n) is 5.19. The average Bonchev–Trinajstić information content (AvgIpc) is 2.65. The Hall–Kier alpha value is -0.870. The Bertz CT molecular complexity index is 220. The first-order valence-corrected chi connectivity index (χ1v) is 5.19. The highest BCUT2D eigenvalue weighted by Gasteiger charge is 1.99. The molecule has 1 heterocycles. The van der Waals surface area contributed by atoms with Crippen LogP contribution in [0.25, 0.3) is 0 Å². The summed E-state index contributed by atoms with van der Waals surface area (Å²) >= 11 is 0. The molecule has 0 atom stereocenters. The van der Waals surface area contributed by atoms with E-state index in [-0.39, 0.29) is 0 Å². The molecule has 0 saturated carbocycles. The Morgan fingerprint density at radius 2 is 2.36 bits per heavy atom. The van der Waals surface area contributed by atoms with E-state index in [0.29, 0.717) is 0 Å². The molecular weight excluding hydrogens is 176 g/mol. The zero-order chi connectivity index (χ0) is 10.2. The minimum absolute atomic E-state index is 0.938. The second kappa shape index (κ2) is 6.56. The average molecular weight is 196 g/mol. The highest BCUT2D eigenvalue weighted by Crippen LogP contribution is 1.95. The number of hydrogen-bond acceptors (Lipinski definition) is 3. The van der Waals surface area contributed by atoms with Crippen molar-refractivity contribution in [2.24, 2.45) is 0 Å². The van der Waals surface area contributed by atoms with Crippen LogP contribution in [0.1, 0.15) is 19.0 Å². The Balaban J connectivity index is 2.07. The third-order valence-electron chi connectivity index (χ3n) is 2.09. The van der Waals surface area contributed by atoms with E-state index >= 15 is 0 Å². The molecule has 1 aromatic heterocycles. The minimum Gasteiger partial charge on any atom is -0.347 e. The fraction of sp³-hybridized carbons (Fsp3) is 0.700. The lowest BCUT2D eigenvalue weighted by Crippen LogP contribution is -2.29. The summed E-state index contributed by atoms with van der Waals surface area (Å²) in [4.78, 5) is 9.36. The van der Waals surface area contributed by atoms with Crippen LogP contribution in [0.3, 0.4) is 0 Å². The lowest BCUT2D eigenvalue weighted by atomic mass is 10.4. The summed E-state index contributed by atoms with van der Waals surface area (Å²) in [6, 6.07) is 0. The van der Waals surface area contributed by atoms with Gasteiger partial charge in [-0.15, -0.1) is 0 Å². The van der Waals surface area contributed by atoms with Crippen LogP contribution in [-0.4, -0.2) is 41.5 Å². The summed E-state index contributed by atoms with van der Waals surface area (Å²) in [5.41, 5.74) is 1.17. The van der Waals surface area contributed by atoms with Gasteiger partial charge in [0.15, 0.2) is 0 Å². The van der Waals surface area contributed by atoms with Gasteiger partial charge in [0.2, 0.25) is 0 Å². The molecular formula is C10H20N4. The van der Waals surface area contributed by atoms with E-state index in [1.807, 2.05) is 6.20 Å². The molecule has 0 saturated heterocycles. The van der Waals surface area contributed by atoms with Gasteiger partial charge in [-0.25, -0.2) is 4.98 Å². The zero-order valence-electron chi connectivity index (χ0n) is 9.08. The van der Waals surface area contributed by atoms with E-state index < -0.39 is 0 Å². The maximum Gasteiger partial charge on any atom is 0.0922 e. The van der Waals surface area contributed by atoms with Crippen molar-refractivity contribution in [1.29, 1.82) is 0 Å². The van der Waals surface area contributed by atoms with E-state index in [4.69, 9.17) is 0 Å². The Labute approximate surface area is 85.7 Å². The molecule has 0 radical (unpaired) electrons. The highest BCUT2D eigenvalue weighted by atomic mass is 15.1. The van der Waals surface area contributed by atoms with Crippen LogP contribution in [-0.2, 0) is 6.54 Å². The van der Waals surface area contributed by atoms with Crippen molar-refractivity contribution in [3.8, 4) is 0 Å². The second-order valence-corrected chi connectivity index (χ2v) is 3.56. The van der Waals surface area contributed by atoms with Gasteiger partial charge in [-0.1, -0.05) is 6.92 Å². The third kappa shape index (κ3) is 4.39. The van der Waals surface area contributed by atoms with Crippen molar-refractivity contribution in [3.05, 3.63) is 18.2 Å². The molecule has 0 aliphatic carbocycles. The van der Waals surface area contributed by atoms with Crippen molar-refractivity contribution in [2.45, 2.75) is 19.9 Å². The topological polar surface area (TPSA) is 44.0 Å². The number of nitrogens with zero attached hydrogens (tertiary/aromatic N) is 2. The van der Waals surface area contributed by atoms with Crippen LogP contribution < -0.4 is 5.32 Å². The summed E-state index contributed by atoms with van der Waals surface area (Å²) in [6.07, 6.45) is 4.79. The Morgan fingerprint density at radius 3 is 3.00 bits per heavy atom. The molecule has 14 heavy (non-hydrogen) atoms. The van der Waals surface area contributed by atoms with Gasteiger partial charge in [0, 0.05) is 31.5 Å². The van der Waals surface area contributed by atoms with E-state index in [1.165, 1.54) is 12.1 Å². The lowest BCUT2D eigenvalue weighted by molar-refractivity contribution is 0.321. The first kappa shape index (κ1) is 11.2. The summed E-state index contributed by atoms with van der Waals surface area (Å²) in [5.74, 6) is 0. The van der Waals surface area contributed by atoms with Crippen LogP contribution >= 0.6 is 0 Å². The van der Waals surface area contributed by atoms with Gasteiger partial charge in [-0.05, 0) is 20.0 Å². The SMILES string of the molecule is CCCNCCN(C)Cc1cnc[nH]1. The Kier molecular flexibility index (Phi) is 5.25. The predicted octanol–water partition coefficient (Wildman–Crippen LogP) is 0.841. The molecule has 80 valence electrons. The van der Waals surface area contributed by atoms with Gasteiger partial charge >= 0.3 is 0 Å². The quantitative estimate of drug-likeness (QED) is 0.635. The molecule has 0 fully saturated rings. The molecule has 0 aliphatic heterocycles. The smallest absolute Gasteiger partial charge is 0.0922 e. The van der Waals surface area contributed by atoms with Gasteiger partial charge in [-0.3, -0.25) is 4.90 Å². The van der Waals surface area contributed by atoms with Crippen LogP contribution in [0.5, 0.6) is 0 Å². The number of nitrogens with one attached hydrogen (secondary N) is 2. The van der Waals surface area contributed by atoms with Crippen LogP contribution in [0.15, 0.2) is 12.5 Å². The summed E-state index contributed by atoms with van der Waals surface area (Å²) in [7, 11) is 2.12. The summed E-state index contributed by atoms with van der Waals surface area (Å²) < 4.78 is 0. The fourth-order valence-corrected chi connectivity index (χ4v) is 1.31. The van der Waals surface area contributed by atoms with E-state index in [1.54, 1.807) is 6.33 Å². The van der Waals surface area contributed by atoms with E-state index in [0.717, 1.165) is 26.2 Å². The maximum absolute atomic E-state index is 3.99. The molecule has 4 heteroatoms. The molecule has 2 N–H and O–H groups in total. The van der Waals surface area contributed by atoms with Crippen molar-refractivity contribution in [1.82, 2.24) is 20.2 Å². The number of aromatic amines is 1. The number of hydrogen-bond donors (Lipinski definition) is 2. The Morgan fingerprint density at radius 1 is 1.50 bits per heavy atom. The molecule has 1 rings (SSSR count). The van der Waals surface area contributed by atoms with Crippen molar-refractivity contribution < 1.29 is 0 Å². The molecule has 0 bridgehead atoms. The predicted molar refractivity (Wildman–Crippen MR) is 58.1 cm³/mol. The molecule has 0 aliphatic rings. The number of imidazole rings is 1. The van der Waals surface area contributed by atoms with Gasteiger partial charge in [0.05, 0.1) is 6.33 Å². The van der Waals surface area contributed by atoms with Crippen LogP contribution in [0.2, 0.25) is 0 Å². The molecule has 0 unspecified atom stereocenters. The normalized spacial score (nSPS) is 11.1. The molecule has 1 aromatic rings. The largest absolute Gasteiger partial charge is 0.347 e. The molecule has 0 aromatic carbocycles. The number of H-pyrrole nitrogens is 1. The highest BCUT2D eigenvalue weighted by molar-refractivity contribution is 4.93. The number of likely N-dealkylation sites (N-methyl/N-ethyl adjacent to an activating group) is 1. The monoisotopic (exact) mass is 196 g/mol. The second-order valence-electron chi connectivity index (χ2n) is 3.56. The van der Waals surface area contributed by atoms with Gasteiger partial charge in [-0.2, -0.15) is 0 Å². The fourth-order valence-electron chi connectivity index (χ4n) is 1.31. The van der Waals surface area contributed by atoms with Gasteiger partial charge in [0.1, 0.15) is 0 Å². The van der Waals surface area contributed by atoms with E-state index in [9.17, 15) is 0 Å². The number of rotatable bonds is 7. The van der Waals surface area contributed by atoms with E-state index in [2.05, 4.69) is 34.2 Å². The van der Waals surface area contributed by atoms with Crippen molar-refractivity contribution >= 4 is 0 Å². The summed E-state index contributed by atoms with van der Waals surface area (Å²) in [5, 5.41) is 3.38. The number of aromatic nitrogens is 2. The van der Waals surface area contributed by atoms with Crippen LogP contribution in [0.4, 0.5) is 0 Å². The minimum atomic E-state index is 0.938. The van der Waals surface area contributed by atoms with Gasteiger partial charge < -0.3 is 10.3 Å². The van der Waals surface area contributed by atoms with Crippen molar-refractivity contribution in [3.63, 3.8) is 0 Å². The third-order valence-corrected chi connectivity index (χ3v) is 2.09. The van der Waals surface area contributed by atoms with Crippen LogP contribution in [0, 0.1) is 0 Å². The first-order chi connectivity index (χ1) is 6.83. The molecule has 4 nitrogen and oxygen atoms in total. The van der Waals surface area contributed by atoms with Crippen molar-refractivity contribution in [2.75, 3.05) is 26.7 Å². The summed E-state index contributed by atoms with van der Waals surface area (Å²) in [6.45, 7) is 6.35. The van der Waals surface area contributed by atoms with Gasteiger partial charge in [0.25, 0.3) is 0 Å². The maximum atomic E-state index is 3.99. The zero-order valence-corrected chi connectivity index (χ0v) is 9.08.